The largest absolute Gasteiger partial charge is 0.481 e. The fourth-order valence-electron chi connectivity index (χ4n) is 0.975. The first-order valence-corrected chi connectivity index (χ1v) is 4.70. The molecule has 0 saturated heterocycles. The molecule has 9 heteroatoms. The van der Waals surface area contributed by atoms with Gasteiger partial charge in [0.1, 0.15) is 0 Å². The Balaban J connectivity index is 2.61. The summed E-state index contributed by atoms with van der Waals surface area (Å²) >= 11 is 0. The van der Waals surface area contributed by atoms with E-state index in [1.165, 1.54) is 13.2 Å². The summed E-state index contributed by atoms with van der Waals surface area (Å²) < 4.78 is 44.1. The second-order valence-corrected chi connectivity index (χ2v) is 3.19. The van der Waals surface area contributed by atoms with Crippen molar-refractivity contribution < 1.29 is 27.4 Å². The lowest BCUT2D eigenvalue weighted by atomic mass is 10.4. The van der Waals surface area contributed by atoms with Crippen LogP contribution in [0.2, 0.25) is 0 Å². The van der Waals surface area contributed by atoms with E-state index in [0.29, 0.717) is 5.69 Å². The highest BCUT2D eigenvalue weighted by Crippen LogP contribution is 2.15. The predicted molar refractivity (Wildman–Crippen MR) is 54.3 cm³/mol. The average Bonchev–Trinajstić information content (AvgIpc) is 2.24. The van der Waals surface area contributed by atoms with E-state index in [2.05, 4.69) is 14.7 Å². The van der Waals surface area contributed by atoms with Gasteiger partial charge in [-0.2, -0.15) is 18.2 Å². The maximum absolute atomic E-state index is 11.8. The number of anilines is 1. The summed E-state index contributed by atoms with van der Waals surface area (Å²) in [6, 6.07) is 1.49. The smallest absolute Gasteiger partial charge is 0.422 e. The molecule has 0 radical (unpaired) electrons. The van der Waals surface area contributed by atoms with Gasteiger partial charge in [-0.25, -0.2) is 9.78 Å². The van der Waals surface area contributed by atoms with Gasteiger partial charge in [-0.05, 0) is 6.92 Å². The number of aryl methyl sites for hydroxylation is 1. The number of halogens is 3. The third-order valence-corrected chi connectivity index (χ3v) is 1.62. The number of carbonyl (C=O) groups excluding carboxylic acids is 1. The van der Waals surface area contributed by atoms with Crippen LogP contribution in [0.5, 0.6) is 5.88 Å². The fraction of sp³-hybridized carbons (Fsp3) is 0.444. The normalized spacial score (nSPS) is 10.9. The van der Waals surface area contributed by atoms with Crippen molar-refractivity contribution in [2.75, 3.05) is 19.0 Å². The van der Waals surface area contributed by atoms with E-state index in [0.717, 1.165) is 0 Å². The molecule has 1 heterocycles. The van der Waals surface area contributed by atoms with Crippen molar-refractivity contribution >= 4 is 12.0 Å². The maximum Gasteiger partial charge on any atom is 0.422 e. The Morgan fingerprint density at radius 2 is 2.11 bits per heavy atom. The highest BCUT2D eigenvalue weighted by atomic mass is 19.4. The summed E-state index contributed by atoms with van der Waals surface area (Å²) in [7, 11) is 1.35. The molecule has 100 valence electrons. The zero-order valence-electron chi connectivity index (χ0n) is 9.54. The van der Waals surface area contributed by atoms with E-state index >= 15 is 0 Å². The van der Waals surface area contributed by atoms with E-state index in [1.807, 2.05) is 5.32 Å². The Morgan fingerprint density at radius 1 is 1.44 bits per heavy atom. The van der Waals surface area contributed by atoms with Gasteiger partial charge in [0, 0.05) is 11.8 Å². The van der Waals surface area contributed by atoms with Crippen LogP contribution in [0.15, 0.2) is 6.07 Å². The molecule has 0 bridgehead atoms. The molecule has 6 nitrogen and oxygen atoms in total. The molecule has 0 atom stereocenters. The Kier molecular flexibility index (Phi) is 4.29. The van der Waals surface area contributed by atoms with Crippen LogP contribution in [-0.2, 0) is 4.74 Å². The SMILES string of the molecule is COc1cc(C)nc(NC(=O)OCC(F)(F)F)n1. The summed E-state index contributed by atoms with van der Waals surface area (Å²) in [5.74, 6) is -0.0207. The monoisotopic (exact) mass is 265 g/mol. The summed E-state index contributed by atoms with van der Waals surface area (Å²) in [6.07, 6.45) is -5.87. The lowest BCUT2D eigenvalue weighted by molar-refractivity contribution is -0.159. The third-order valence-electron chi connectivity index (χ3n) is 1.62. The molecule has 1 amide bonds. The number of alkyl halides is 3. The van der Waals surface area contributed by atoms with E-state index in [4.69, 9.17) is 4.74 Å². The van der Waals surface area contributed by atoms with E-state index < -0.39 is 18.9 Å². The van der Waals surface area contributed by atoms with Gasteiger partial charge in [0.15, 0.2) is 6.61 Å². The molecule has 1 aromatic heterocycles. The number of nitrogens with one attached hydrogen (secondary N) is 1. The van der Waals surface area contributed by atoms with Crippen molar-refractivity contribution in [1.29, 1.82) is 0 Å². The summed E-state index contributed by atoms with van der Waals surface area (Å²) in [5, 5.41) is 1.97. The Hall–Kier alpha value is -2.06. The predicted octanol–water partition coefficient (Wildman–Crippen LogP) is 1.90. The maximum atomic E-state index is 11.8. The number of carbonyl (C=O) groups is 1. The van der Waals surface area contributed by atoms with Gasteiger partial charge in [0.05, 0.1) is 7.11 Å². The molecule has 1 aromatic rings. The van der Waals surface area contributed by atoms with Gasteiger partial charge in [-0.1, -0.05) is 0 Å². The molecule has 18 heavy (non-hydrogen) atoms. The van der Waals surface area contributed by atoms with Crippen molar-refractivity contribution in [3.8, 4) is 5.88 Å². The Morgan fingerprint density at radius 3 is 2.67 bits per heavy atom. The zero-order chi connectivity index (χ0) is 13.8. The topological polar surface area (TPSA) is 73.3 Å². The molecule has 0 unspecified atom stereocenters. The molecular weight excluding hydrogens is 255 g/mol. The molecule has 0 aliphatic heterocycles. The lowest BCUT2D eigenvalue weighted by Gasteiger charge is -2.09. The van der Waals surface area contributed by atoms with Crippen LogP contribution in [0.1, 0.15) is 5.69 Å². The van der Waals surface area contributed by atoms with Gasteiger partial charge < -0.3 is 9.47 Å². The van der Waals surface area contributed by atoms with Crippen LogP contribution in [0.25, 0.3) is 0 Å². The minimum atomic E-state index is -4.58. The molecule has 0 fully saturated rings. The highest BCUT2D eigenvalue weighted by Gasteiger charge is 2.29. The summed E-state index contributed by atoms with van der Waals surface area (Å²) in [5.41, 5.74) is 0.480. The summed E-state index contributed by atoms with van der Waals surface area (Å²) in [4.78, 5) is 18.5. The summed E-state index contributed by atoms with van der Waals surface area (Å²) in [6.45, 7) is -0.0712. The van der Waals surface area contributed by atoms with Crippen LogP contribution in [0.4, 0.5) is 23.9 Å². The van der Waals surface area contributed by atoms with E-state index in [9.17, 15) is 18.0 Å². The van der Waals surface area contributed by atoms with Crippen molar-refractivity contribution in [3.63, 3.8) is 0 Å². The molecular formula is C9H10F3N3O3. The minimum absolute atomic E-state index is 0.175. The molecule has 1 rings (SSSR count). The molecule has 0 aliphatic rings. The molecule has 0 saturated carbocycles. The van der Waals surface area contributed by atoms with Crippen molar-refractivity contribution in [3.05, 3.63) is 11.8 Å². The Bertz CT molecular complexity index is 437. The molecule has 1 N–H and O–H groups in total. The number of methoxy groups -OCH3 is 1. The van der Waals surface area contributed by atoms with E-state index in [-0.39, 0.29) is 11.8 Å². The van der Waals surface area contributed by atoms with Gasteiger partial charge in [-0.15, -0.1) is 0 Å². The van der Waals surface area contributed by atoms with Gasteiger partial charge in [0.2, 0.25) is 11.8 Å². The number of amides is 1. The first-order chi connectivity index (χ1) is 8.30. The first-order valence-electron chi connectivity index (χ1n) is 4.70. The number of hydrogen-bond donors (Lipinski definition) is 1. The average molecular weight is 265 g/mol. The Labute approximate surface area is 100 Å². The lowest BCUT2D eigenvalue weighted by Crippen LogP contribution is -2.24. The van der Waals surface area contributed by atoms with Crippen molar-refractivity contribution in [2.45, 2.75) is 13.1 Å². The molecule has 0 aliphatic carbocycles. The van der Waals surface area contributed by atoms with Crippen molar-refractivity contribution in [1.82, 2.24) is 9.97 Å². The van der Waals surface area contributed by atoms with Crippen LogP contribution in [0, 0.1) is 6.92 Å². The second-order valence-electron chi connectivity index (χ2n) is 3.19. The zero-order valence-corrected chi connectivity index (χ0v) is 9.54. The molecule has 0 aromatic carbocycles. The standard InChI is InChI=1S/C9H10F3N3O3/c1-5-3-6(17-2)14-7(13-5)15-8(16)18-4-9(10,11)12/h3H,4H2,1-2H3,(H,13,14,15,16). The fourth-order valence-corrected chi connectivity index (χ4v) is 0.975. The highest BCUT2D eigenvalue weighted by molar-refractivity contribution is 5.82. The first kappa shape index (κ1) is 14.0. The van der Waals surface area contributed by atoms with Gasteiger partial charge >= 0.3 is 12.3 Å². The van der Waals surface area contributed by atoms with E-state index in [1.54, 1.807) is 6.92 Å². The quantitative estimate of drug-likeness (QED) is 0.903. The number of ether oxygens (including phenoxy) is 2. The molecule has 0 spiro atoms. The van der Waals surface area contributed by atoms with Crippen molar-refractivity contribution in [2.24, 2.45) is 0 Å². The number of hydrogen-bond acceptors (Lipinski definition) is 5. The van der Waals surface area contributed by atoms with Crippen LogP contribution < -0.4 is 10.1 Å². The van der Waals surface area contributed by atoms with Crippen LogP contribution >= 0.6 is 0 Å². The van der Waals surface area contributed by atoms with Crippen LogP contribution in [0.3, 0.4) is 0 Å². The minimum Gasteiger partial charge on any atom is -0.481 e. The van der Waals surface area contributed by atoms with Gasteiger partial charge in [0.25, 0.3) is 0 Å². The number of aromatic nitrogens is 2. The van der Waals surface area contributed by atoms with Gasteiger partial charge in [-0.3, -0.25) is 5.32 Å². The number of nitrogens with zero attached hydrogens (tertiary/aromatic N) is 2. The number of rotatable bonds is 3. The second kappa shape index (κ2) is 5.52. The third kappa shape index (κ3) is 4.85. The van der Waals surface area contributed by atoms with Crippen LogP contribution in [-0.4, -0.2) is 36.0 Å².